The van der Waals surface area contributed by atoms with Gasteiger partial charge in [0.05, 0.1) is 0 Å². The van der Waals surface area contributed by atoms with Crippen molar-refractivity contribution < 1.29 is 28.1 Å². The van der Waals surface area contributed by atoms with Crippen LogP contribution in [-0.2, 0) is 25.2 Å². The first-order chi connectivity index (χ1) is 17.7. The molecule has 9 nitrogen and oxygen atoms in total. The Kier molecular flexibility index (Phi) is 8.48. The first-order valence-corrected chi connectivity index (χ1v) is 13.9. The van der Waals surface area contributed by atoms with Gasteiger partial charge >= 0.3 is 0 Å². The highest BCUT2D eigenvalue weighted by molar-refractivity contribution is 7.86. The van der Waals surface area contributed by atoms with E-state index in [4.69, 9.17) is 9.47 Å². The van der Waals surface area contributed by atoms with Crippen LogP contribution < -0.4 is 25.0 Å². The molecule has 2 atom stereocenters. The molecule has 0 aromatic heterocycles. The minimum Gasteiger partial charge on any atom is -0.454 e. The molecular formula is C27H33N3O6S. The Morgan fingerprint density at radius 1 is 1.03 bits per heavy atom. The van der Waals surface area contributed by atoms with Crippen molar-refractivity contribution in [3.05, 3.63) is 47.5 Å². The average molecular weight is 528 g/mol. The van der Waals surface area contributed by atoms with Crippen molar-refractivity contribution in [3.63, 3.8) is 0 Å². The summed E-state index contributed by atoms with van der Waals surface area (Å²) < 4.78 is 23.4. The largest absolute Gasteiger partial charge is 0.454 e. The lowest BCUT2D eigenvalue weighted by atomic mass is 10.1. The van der Waals surface area contributed by atoms with E-state index in [9.17, 15) is 18.6 Å². The van der Waals surface area contributed by atoms with Crippen LogP contribution in [0.1, 0.15) is 43.7 Å². The molecule has 0 radical (unpaired) electrons. The van der Waals surface area contributed by atoms with Gasteiger partial charge in [-0.2, -0.15) is 0 Å². The quantitative estimate of drug-likeness (QED) is 0.518. The van der Waals surface area contributed by atoms with Crippen LogP contribution in [0.4, 0.5) is 11.4 Å². The molecule has 1 heterocycles. The maximum atomic E-state index is 13.4. The SMILES string of the molecule is Cc1ccc(N(C(=O)C[S@](=O)CC(=O)Nc2ccc3c(c2)OCO3)[C@@H](C)C(=O)NC2CCCC2)c(C)c1. The van der Waals surface area contributed by atoms with E-state index >= 15 is 0 Å². The van der Waals surface area contributed by atoms with Crippen LogP contribution in [0.5, 0.6) is 11.5 Å². The lowest BCUT2D eigenvalue weighted by Gasteiger charge is -2.31. The summed E-state index contributed by atoms with van der Waals surface area (Å²) in [6, 6.07) is 9.89. The lowest BCUT2D eigenvalue weighted by Crippen LogP contribution is -2.51. The van der Waals surface area contributed by atoms with Gasteiger partial charge in [-0.3, -0.25) is 23.5 Å². The topological polar surface area (TPSA) is 114 Å². The second-order valence-electron chi connectivity index (χ2n) is 9.56. The Labute approximate surface area is 219 Å². The van der Waals surface area contributed by atoms with Gasteiger partial charge in [-0.1, -0.05) is 30.5 Å². The molecule has 2 N–H and O–H groups in total. The van der Waals surface area contributed by atoms with Gasteiger partial charge in [-0.15, -0.1) is 0 Å². The van der Waals surface area contributed by atoms with Gasteiger partial charge in [0.2, 0.25) is 24.5 Å². The van der Waals surface area contributed by atoms with E-state index in [0.717, 1.165) is 36.8 Å². The summed E-state index contributed by atoms with van der Waals surface area (Å²) >= 11 is 0. The smallest absolute Gasteiger partial charge is 0.243 e. The Hall–Kier alpha value is -3.40. The zero-order valence-corrected chi connectivity index (χ0v) is 22.2. The molecule has 10 heteroatoms. The van der Waals surface area contributed by atoms with E-state index < -0.39 is 28.7 Å². The summed E-state index contributed by atoms with van der Waals surface area (Å²) in [7, 11) is -1.78. The monoisotopic (exact) mass is 527 g/mol. The number of hydrogen-bond acceptors (Lipinski definition) is 6. The third-order valence-corrected chi connectivity index (χ3v) is 7.73. The van der Waals surface area contributed by atoms with Gasteiger partial charge in [0.15, 0.2) is 11.5 Å². The number of fused-ring (bicyclic) bond motifs is 1. The number of hydrogen-bond donors (Lipinski definition) is 2. The zero-order valence-electron chi connectivity index (χ0n) is 21.4. The van der Waals surface area contributed by atoms with Gasteiger partial charge in [0.25, 0.3) is 0 Å². The molecule has 3 amide bonds. The molecule has 1 aliphatic heterocycles. The minimum absolute atomic E-state index is 0.111. The minimum atomic E-state index is -1.78. The molecule has 2 aliphatic rings. The van der Waals surface area contributed by atoms with E-state index in [1.165, 1.54) is 4.90 Å². The standard InChI is InChI=1S/C27H33N3O6S/c1-17-8-10-22(18(2)12-17)30(19(3)27(33)29-20-6-4-5-7-20)26(32)15-37(34)14-25(31)28-21-9-11-23-24(13-21)36-16-35-23/h8-13,19-20H,4-7,14-16H2,1-3H3,(H,28,31)(H,29,33)/t19-,37+/m0/s1. The van der Waals surface area contributed by atoms with Gasteiger partial charge < -0.3 is 20.1 Å². The highest BCUT2D eigenvalue weighted by Gasteiger charge is 2.31. The van der Waals surface area contributed by atoms with Crippen molar-refractivity contribution in [2.75, 3.05) is 28.5 Å². The number of carbonyl (C=O) groups excluding carboxylic acids is 3. The fourth-order valence-corrected chi connectivity index (χ4v) is 5.60. The van der Waals surface area contributed by atoms with E-state index in [2.05, 4.69) is 10.6 Å². The third kappa shape index (κ3) is 6.68. The van der Waals surface area contributed by atoms with Crippen molar-refractivity contribution in [1.82, 2.24) is 5.32 Å². The first kappa shape index (κ1) is 26.7. The Morgan fingerprint density at radius 2 is 1.76 bits per heavy atom. The number of carbonyl (C=O) groups is 3. The molecule has 1 aliphatic carbocycles. The van der Waals surface area contributed by atoms with Gasteiger partial charge in [-0.05, 0) is 57.4 Å². The molecular weight excluding hydrogens is 494 g/mol. The van der Waals surface area contributed by atoms with E-state index in [1.54, 1.807) is 31.2 Å². The highest BCUT2D eigenvalue weighted by Crippen LogP contribution is 2.34. The summed E-state index contributed by atoms with van der Waals surface area (Å²) in [6.45, 7) is 5.62. The van der Waals surface area contributed by atoms with Gasteiger partial charge in [-0.25, -0.2) is 0 Å². The zero-order chi connectivity index (χ0) is 26.5. The number of nitrogens with zero attached hydrogens (tertiary/aromatic N) is 1. The molecule has 2 aromatic carbocycles. The Bertz CT molecular complexity index is 1210. The molecule has 2 aromatic rings. The number of amides is 3. The highest BCUT2D eigenvalue weighted by atomic mass is 32.2. The number of aryl methyl sites for hydroxylation is 2. The molecule has 37 heavy (non-hydrogen) atoms. The van der Waals surface area contributed by atoms with Crippen LogP contribution >= 0.6 is 0 Å². The first-order valence-electron chi connectivity index (χ1n) is 12.5. The molecule has 0 bridgehead atoms. The number of nitrogens with one attached hydrogen (secondary N) is 2. The normalized spacial score (nSPS) is 16.2. The molecule has 0 unspecified atom stereocenters. The fraction of sp³-hybridized carbons (Fsp3) is 0.444. The Balaban J connectivity index is 1.43. The molecule has 1 saturated carbocycles. The summed E-state index contributed by atoms with van der Waals surface area (Å²) in [5.74, 6) is -0.850. The van der Waals surface area contributed by atoms with E-state index in [1.807, 2.05) is 26.0 Å². The number of ether oxygens (including phenoxy) is 2. The average Bonchev–Trinajstić information content (AvgIpc) is 3.52. The molecule has 198 valence electrons. The molecule has 0 spiro atoms. The van der Waals surface area contributed by atoms with E-state index in [0.29, 0.717) is 22.9 Å². The maximum Gasteiger partial charge on any atom is 0.243 e. The van der Waals surface area contributed by atoms with Crippen molar-refractivity contribution in [1.29, 1.82) is 0 Å². The number of benzene rings is 2. The van der Waals surface area contributed by atoms with Crippen LogP contribution in [-0.4, -0.2) is 52.3 Å². The molecule has 4 rings (SSSR count). The fourth-order valence-electron chi connectivity index (χ4n) is 4.72. The van der Waals surface area contributed by atoms with Crippen LogP contribution in [0.3, 0.4) is 0 Å². The predicted molar refractivity (Wildman–Crippen MR) is 142 cm³/mol. The van der Waals surface area contributed by atoms with Crippen molar-refractivity contribution in [2.24, 2.45) is 0 Å². The van der Waals surface area contributed by atoms with Crippen molar-refractivity contribution in [3.8, 4) is 11.5 Å². The number of rotatable bonds is 9. The lowest BCUT2D eigenvalue weighted by molar-refractivity contribution is -0.125. The van der Waals surface area contributed by atoms with Crippen molar-refractivity contribution in [2.45, 2.75) is 58.5 Å². The summed E-state index contributed by atoms with van der Waals surface area (Å²) in [5.41, 5.74) is 2.93. The second kappa shape index (κ2) is 11.8. The van der Waals surface area contributed by atoms with Crippen LogP contribution in [0.2, 0.25) is 0 Å². The summed E-state index contributed by atoms with van der Waals surface area (Å²) in [4.78, 5) is 40.4. The number of anilines is 2. The second-order valence-corrected chi connectivity index (χ2v) is 11.0. The molecule has 1 fully saturated rings. The van der Waals surface area contributed by atoms with Gasteiger partial charge in [0, 0.05) is 34.3 Å². The van der Waals surface area contributed by atoms with Gasteiger partial charge in [0.1, 0.15) is 17.5 Å². The Morgan fingerprint density at radius 3 is 2.49 bits per heavy atom. The van der Waals surface area contributed by atoms with Crippen LogP contribution in [0, 0.1) is 13.8 Å². The third-order valence-electron chi connectivity index (χ3n) is 6.58. The van der Waals surface area contributed by atoms with Crippen LogP contribution in [0.15, 0.2) is 36.4 Å². The maximum absolute atomic E-state index is 13.4. The van der Waals surface area contributed by atoms with E-state index in [-0.39, 0.29) is 30.2 Å². The van der Waals surface area contributed by atoms with Crippen LogP contribution in [0.25, 0.3) is 0 Å². The molecule has 0 saturated heterocycles. The van der Waals surface area contributed by atoms with Crippen molar-refractivity contribution >= 4 is 39.9 Å². The predicted octanol–water partition coefficient (Wildman–Crippen LogP) is 3.20. The summed E-state index contributed by atoms with van der Waals surface area (Å²) in [5, 5.41) is 5.73. The summed E-state index contributed by atoms with van der Waals surface area (Å²) in [6.07, 6.45) is 4.01.